The number of hydrogen-bond donors (Lipinski definition) is 2. The number of para-hydroxylation sites is 1. The highest BCUT2D eigenvalue weighted by atomic mass is 16.5. The molecule has 1 aromatic carbocycles. The van der Waals surface area contributed by atoms with E-state index in [1.165, 1.54) is 0 Å². The third-order valence-electron chi connectivity index (χ3n) is 4.70. The molecule has 2 aromatic rings. The van der Waals surface area contributed by atoms with Gasteiger partial charge in [0.2, 0.25) is 0 Å². The van der Waals surface area contributed by atoms with Gasteiger partial charge in [0.15, 0.2) is 0 Å². The normalized spacial score (nSPS) is 28.7. The van der Waals surface area contributed by atoms with Crippen LogP contribution in [-0.2, 0) is 4.74 Å². The van der Waals surface area contributed by atoms with Crippen molar-refractivity contribution < 1.29 is 9.53 Å². The van der Waals surface area contributed by atoms with E-state index in [0.29, 0.717) is 17.8 Å². The fourth-order valence-corrected chi connectivity index (χ4v) is 3.60. The minimum Gasteiger partial charge on any atom is -0.376 e. The number of aromatic amines is 1. The zero-order valence-corrected chi connectivity index (χ0v) is 12.7. The van der Waals surface area contributed by atoms with Crippen LogP contribution < -0.4 is 5.32 Å². The molecule has 4 rings (SSSR count). The highest BCUT2D eigenvalue weighted by Crippen LogP contribution is 2.23. The fourth-order valence-electron chi connectivity index (χ4n) is 3.60. The van der Waals surface area contributed by atoms with Gasteiger partial charge in [0.25, 0.3) is 5.91 Å². The molecular formula is C17H21N3O2. The van der Waals surface area contributed by atoms with Gasteiger partial charge >= 0.3 is 0 Å². The van der Waals surface area contributed by atoms with Crippen molar-refractivity contribution in [1.82, 2.24) is 15.2 Å². The summed E-state index contributed by atoms with van der Waals surface area (Å²) in [6.45, 7) is 4.76. The van der Waals surface area contributed by atoms with Gasteiger partial charge in [0.1, 0.15) is 5.69 Å². The molecule has 0 saturated carbocycles. The van der Waals surface area contributed by atoms with Crippen molar-refractivity contribution in [3.63, 3.8) is 0 Å². The highest BCUT2D eigenvalue weighted by Gasteiger charge is 2.36. The lowest BCUT2D eigenvalue weighted by atomic mass is 10.1. The summed E-state index contributed by atoms with van der Waals surface area (Å²) in [5.41, 5.74) is 1.63. The Morgan fingerprint density at radius 1 is 1.36 bits per heavy atom. The molecule has 5 heteroatoms. The highest BCUT2D eigenvalue weighted by molar-refractivity contribution is 5.98. The molecule has 0 unspecified atom stereocenters. The Balaban J connectivity index is 1.44. The van der Waals surface area contributed by atoms with Crippen LogP contribution in [0.2, 0.25) is 0 Å². The molecule has 2 fully saturated rings. The number of benzene rings is 1. The Morgan fingerprint density at radius 2 is 2.23 bits per heavy atom. The van der Waals surface area contributed by atoms with Gasteiger partial charge in [-0.25, -0.2) is 0 Å². The van der Waals surface area contributed by atoms with Crippen molar-refractivity contribution in [3.05, 3.63) is 36.0 Å². The molecule has 2 saturated heterocycles. The molecule has 1 amide bonds. The van der Waals surface area contributed by atoms with E-state index in [0.717, 1.165) is 37.0 Å². The molecule has 22 heavy (non-hydrogen) atoms. The second kappa shape index (κ2) is 5.41. The van der Waals surface area contributed by atoms with E-state index in [1.807, 2.05) is 30.3 Å². The van der Waals surface area contributed by atoms with Crippen molar-refractivity contribution in [3.8, 4) is 0 Å². The summed E-state index contributed by atoms with van der Waals surface area (Å²) in [5.74, 6) is -0.0185. The number of nitrogens with one attached hydrogen (secondary N) is 2. The molecule has 3 atom stereocenters. The van der Waals surface area contributed by atoms with Crippen LogP contribution in [0.3, 0.4) is 0 Å². The van der Waals surface area contributed by atoms with Crippen molar-refractivity contribution in [2.24, 2.45) is 0 Å². The third-order valence-corrected chi connectivity index (χ3v) is 4.70. The summed E-state index contributed by atoms with van der Waals surface area (Å²) in [5, 5.41) is 4.23. The number of carbonyl (C=O) groups excluding carboxylic acids is 1. The van der Waals surface area contributed by atoms with Crippen LogP contribution in [0.4, 0.5) is 0 Å². The van der Waals surface area contributed by atoms with E-state index in [-0.39, 0.29) is 11.9 Å². The van der Waals surface area contributed by atoms with Crippen LogP contribution >= 0.6 is 0 Å². The maximum absolute atomic E-state index is 12.4. The first kappa shape index (κ1) is 13.8. The lowest BCUT2D eigenvalue weighted by Gasteiger charge is -2.33. The Morgan fingerprint density at radius 3 is 3.09 bits per heavy atom. The van der Waals surface area contributed by atoms with Crippen molar-refractivity contribution in [2.45, 2.75) is 31.5 Å². The maximum Gasteiger partial charge on any atom is 0.267 e. The molecule has 2 aliphatic heterocycles. The molecule has 2 N–H and O–H groups in total. The van der Waals surface area contributed by atoms with Gasteiger partial charge in [0, 0.05) is 36.1 Å². The summed E-state index contributed by atoms with van der Waals surface area (Å²) < 4.78 is 5.71. The zero-order chi connectivity index (χ0) is 15.1. The van der Waals surface area contributed by atoms with Crippen LogP contribution in [0.25, 0.3) is 10.9 Å². The number of morpholine rings is 1. The molecule has 0 radical (unpaired) electrons. The smallest absolute Gasteiger partial charge is 0.267 e. The molecule has 5 nitrogen and oxygen atoms in total. The summed E-state index contributed by atoms with van der Waals surface area (Å²) in [7, 11) is 0. The van der Waals surface area contributed by atoms with Gasteiger partial charge in [-0.2, -0.15) is 0 Å². The maximum atomic E-state index is 12.4. The predicted octanol–water partition coefficient (Wildman–Crippen LogP) is 1.76. The number of carbonyl (C=O) groups is 1. The molecule has 0 bridgehead atoms. The average molecular weight is 299 g/mol. The standard InChI is InChI=1S/C17H21N3O2/c1-11-8-20-9-13(7-14(20)10-22-11)18-17(21)16-6-12-4-2-3-5-15(12)19-16/h2-6,11,13-14,19H,7-10H2,1H3,(H,18,21)/t11-,13+,14-/m0/s1. The zero-order valence-electron chi connectivity index (χ0n) is 12.7. The number of rotatable bonds is 2. The van der Waals surface area contributed by atoms with Crippen LogP contribution in [0.1, 0.15) is 23.8 Å². The molecule has 0 spiro atoms. The Hall–Kier alpha value is -1.85. The Bertz CT molecular complexity index is 663. The Kier molecular flexibility index (Phi) is 3.39. The molecular weight excluding hydrogens is 278 g/mol. The van der Waals surface area contributed by atoms with Gasteiger partial charge in [-0.15, -0.1) is 0 Å². The van der Waals surface area contributed by atoms with Gasteiger partial charge < -0.3 is 15.0 Å². The molecule has 116 valence electrons. The van der Waals surface area contributed by atoms with E-state index >= 15 is 0 Å². The summed E-state index contributed by atoms with van der Waals surface area (Å²) >= 11 is 0. The fraction of sp³-hybridized carbons (Fsp3) is 0.471. The third kappa shape index (κ3) is 2.51. The van der Waals surface area contributed by atoms with Crippen LogP contribution in [-0.4, -0.2) is 53.7 Å². The lowest BCUT2D eigenvalue weighted by Crippen LogP contribution is -2.45. The molecule has 0 aliphatic carbocycles. The summed E-state index contributed by atoms with van der Waals surface area (Å²) in [4.78, 5) is 18.1. The van der Waals surface area contributed by atoms with E-state index in [4.69, 9.17) is 4.74 Å². The Labute approximate surface area is 129 Å². The first-order valence-corrected chi connectivity index (χ1v) is 7.93. The van der Waals surface area contributed by atoms with Crippen molar-refractivity contribution >= 4 is 16.8 Å². The summed E-state index contributed by atoms with van der Waals surface area (Å²) in [6.07, 6.45) is 1.26. The number of amides is 1. The first-order chi connectivity index (χ1) is 10.7. The van der Waals surface area contributed by atoms with Gasteiger partial charge in [-0.3, -0.25) is 9.69 Å². The van der Waals surface area contributed by atoms with Gasteiger partial charge in [-0.05, 0) is 25.5 Å². The molecule has 2 aliphatic rings. The molecule has 1 aromatic heterocycles. The number of fused-ring (bicyclic) bond motifs is 2. The van der Waals surface area contributed by atoms with Crippen molar-refractivity contribution in [1.29, 1.82) is 0 Å². The number of ether oxygens (including phenoxy) is 1. The quantitative estimate of drug-likeness (QED) is 0.888. The van der Waals surface area contributed by atoms with Gasteiger partial charge in [0.05, 0.1) is 12.7 Å². The topological polar surface area (TPSA) is 57.4 Å². The minimum absolute atomic E-state index is 0.0185. The summed E-state index contributed by atoms with van der Waals surface area (Å²) in [6, 6.07) is 10.5. The average Bonchev–Trinajstić information content (AvgIpc) is 3.09. The number of hydrogen-bond acceptors (Lipinski definition) is 3. The van der Waals surface area contributed by atoms with Crippen LogP contribution in [0.5, 0.6) is 0 Å². The molecule has 3 heterocycles. The first-order valence-electron chi connectivity index (χ1n) is 7.93. The SMILES string of the molecule is C[C@H]1CN2C[C@H](NC(=O)c3cc4ccccc4[nH]3)C[C@H]2CO1. The van der Waals surface area contributed by atoms with E-state index in [9.17, 15) is 4.79 Å². The van der Waals surface area contributed by atoms with Crippen LogP contribution in [0, 0.1) is 0 Å². The number of aromatic nitrogens is 1. The second-order valence-electron chi connectivity index (χ2n) is 6.43. The number of H-pyrrole nitrogens is 1. The van der Waals surface area contributed by atoms with E-state index in [2.05, 4.69) is 22.1 Å². The van der Waals surface area contributed by atoms with Crippen LogP contribution in [0.15, 0.2) is 30.3 Å². The predicted molar refractivity (Wildman–Crippen MR) is 84.9 cm³/mol. The lowest BCUT2D eigenvalue weighted by molar-refractivity contribution is -0.0390. The van der Waals surface area contributed by atoms with E-state index < -0.39 is 0 Å². The second-order valence-corrected chi connectivity index (χ2v) is 6.43. The largest absolute Gasteiger partial charge is 0.376 e. The van der Waals surface area contributed by atoms with E-state index in [1.54, 1.807) is 0 Å². The number of nitrogens with zero attached hydrogens (tertiary/aromatic N) is 1. The monoisotopic (exact) mass is 299 g/mol. The minimum atomic E-state index is -0.0185. The van der Waals surface area contributed by atoms with Crippen molar-refractivity contribution in [2.75, 3.05) is 19.7 Å². The van der Waals surface area contributed by atoms with Gasteiger partial charge in [-0.1, -0.05) is 18.2 Å².